The highest BCUT2D eigenvalue weighted by atomic mass is 16.5. The fourth-order valence-electron chi connectivity index (χ4n) is 2.67. The summed E-state index contributed by atoms with van der Waals surface area (Å²) in [5.41, 5.74) is 2.65. The number of hydrogen-bond acceptors (Lipinski definition) is 3. The number of nitrogens with zero attached hydrogens (tertiary/aromatic N) is 1. The molecule has 0 atom stereocenters. The van der Waals surface area contributed by atoms with Crippen molar-refractivity contribution in [3.8, 4) is 5.75 Å². The van der Waals surface area contributed by atoms with Crippen molar-refractivity contribution >= 4 is 17.5 Å². The number of carbonyl (C=O) groups excluding carboxylic acids is 2. The Balaban J connectivity index is 1.96. The fraction of sp³-hybridized carbons (Fsp3) is 0.333. The summed E-state index contributed by atoms with van der Waals surface area (Å²) in [6.07, 6.45) is 0.297. The Morgan fingerprint density at radius 3 is 2.38 bits per heavy atom. The van der Waals surface area contributed by atoms with E-state index in [0.29, 0.717) is 26.1 Å². The Kier molecular flexibility index (Phi) is 7.21. The van der Waals surface area contributed by atoms with Gasteiger partial charge in [-0.05, 0) is 49.2 Å². The molecule has 0 radical (unpaired) electrons. The first kappa shape index (κ1) is 19.5. The lowest BCUT2D eigenvalue weighted by Gasteiger charge is -2.19. The molecule has 2 rings (SSSR count). The van der Waals surface area contributed by atoms with Crippen LogP contribution < -0.4 is 10.1 Å². The number of benzene rings is 2. The Labute approximate surface area is 155 Å². The molecule has 0 aliphatic rings. The van der Waals surface area contributed by atoms with E-state index in [-0.39, 0.29) is 11.8 Å². The van der Waals surface area contributed by atoms with Gasteiger partial charge in [-0.15, -0.1) is 0 Å². The van der Waals surface area contributed by atoms with Gasteiger partial charge in [-0.25, -0.2) is 0 Å². The number of carbonyl (C=O) groups is 2. The number of rotatable bonds is 8. The van der Waals surface area contributed by atoms with Crippen molar-refractivity contribution in [2.24, 2.45) is 0 Å². The van der Waals surface area contributed by atoms with Crippen LogP contribution in [0.1, 0.15) is 31.9 Å². The fourth-order valence-corrected chi connectivity index (χ4v) is 2.67. The van der Waals surface area contributed by atoms with E-state index in [1.807, 2.05) is 62.4 Å². The van der Waals surface area contributed by atoms with Crippen molar-refractivity contribution in [1.29, 1.82) is 0 Å². The van der Waals surface area contributed by atoms with E-state index >= 15 is 0 Å². The zero-order chi connectivity index (χ0) is 18.9. The van der Waals surface area contributed by atoms with Gasteiger partial charge in [0.25, 0.3) is 0 Å². The van der Waals surface area contributed by atoms with Gasteiger partial charge in [0.2, 0.25) is 11.8 Å². The first-order valence-electron chi connectivity index (χ1n) is 8.87. The summed E-state index contributed by atoms with van der Waals surface area (Å²) in [4.78, 5) is 25.6. The lowest BCUT2D eigenvalue weighted by Crippen LogP contribution is -2.27. The van der Waals surface area contributed by atoms with Gasteiger partial charge in [-0.1, -0.05) is 24.3 Å². The van der Waals surface area contributed by atoms with Gasteiger partial charge in [-0.3, -0.25) is 9.59 Å². The van der Waals surface area contributed by atoms with Crippen molar-refractivity contribution in [1.82, 2.24) is 4.90 Å². The molecule has 0 heterocycles. The molecular weight excluding hydrogens is 328 g/mol. The van der Waals surface area contributed by atoms with Crippen LogP contribution in [0.25, 0.3) is 0 Å². The van der Waals surface area contributed by atoms with Crippen LogP contribution in [-0.2, 0) is 22.6 Å². The second-order valence-electron chi connectivity index (χ2n) is 6.04. The Bertz CT molecular complexity index is 741. The summed E-state index contributed by atoms with van der Waals surface area (Å²) in [5, 5.41) is 2.92. The van der Waals surface area contributed by atoms with Crippen molar-refractivity contribution in [2.75, 3.05) is 18.5 Å². The molecule has 2 amide bonds. The number of ether oxygens (including phenoxy) is 1. The lowest BCUT2D eigenvalue weighted by molar-refractivity contribution is -0.129. The van der Waals surface area contributed by atoms with Gasteiger partial charge >= 0.3 is 0 Å². The summed E-state index contributed by atoms with van der Waals surface area (Å²) in [6, 6.07) is 15.1. The maximum atomic E-state index is 12.3. The van der Waals surface area contributed by atoms with E-state index in [0.717, 1.165) is 22.6 Å². The summed E-state index contributed by atoms with van der Waals surface area (Å²) < 4.78 is 5.40. The van der Waals surface area contributed by atoms with E-state index in [1.165, 1.54) is 0 Å². The van der Waals surface area contributed by atoms with Crippen LogP contribution >= 0.6 is 0 Å². The highest BCUT2D eigenvalue weighted by molar-refractivity contribution is 5.92. The molecule has 0 unspecified atom stereocenters. The Morgan fingerprint density at radius 2 is 1.77 bits per heavy atom. The zero-order valence-corrected chi connectivity index (χ0v) is 15.6. The normalized spacial score (nSPS) is 10.3. The van der Waals surface area contributed by atoms with Crippen LogP contribution in [-0.4, -0.2) is 29.9 Å². The maximum Gasteiger partial charge on any atom is 0.228 e. The molecule has 0 saturated heterocycles. The van der Waals surface area contributed by atoms with Gasteiger partial charge in [0.15, 0.2) is 0 Å². The second-order valence-corrected chi connectivity index (χ2v) is 6.04. The third kappa shape index (κ3) is 5.92. The van der Waals surface area contributed by atoms with Crippen LogP contribution in [0.15, 0.2) is 48.5 Å². The number of anilines is 1. The number of hydrogen-bond donors (Lipinski definition) is 1. The van der Waals surface area contributed by atoms with Gasteiger partial charge in [0.05, 0.1) is 13.0 Å². The molecule has 2 aromatic carbocycles. The van der Waals surface area contributed by atoms with E-state index < -0.39 is 0 Å². The first-order chi connectivity index (χ1) is 12.5. The summed E-state index contributed by atoms with van der Waals surface area (Å²) in [5.74, 6) is 0.762. The Hall–Kier alpha value is -2.82. The third-order valence-corrected chi connectivity index (χ3v) is 4.01. The van der Waals surface area contributed by atoms with E-state index in [1.54, 1.807) is 11.8 Å². The predicted molar refractivity (Wildman–Crippen MR) is 103 cm³/mol. The van der Waals surface area contributed by atoms with Crippen molar-refractivity contribution in [3.05, 3.63) is 59.7 Å². The molecule has 0 aromatic heterocycles. The second kappa shape index (κ2) is 9.61. The predicted octanol–water partition coefficient (Wildman–Crippen LogP) is 3.63. The molecule has 2 aromatic rings. The highest BCUT2D eigenvalue weighted by Crippen LogP contribution is 2.15. The molecule has 5 heteroatoms. The largest absolute Gasteiger partial charge is 0.494 e. The van der Waals surface area contributed by atoms with Crippen LogP contribution in [0.5, 0.6) is 5.75 Å². The standard InChI is InChI=1S/C21H26N2O3/c1-4-23(16(3)24)15-18-7-6-8-19(13-18)22-21(25)14-17-9-11-20(12-10-17)26-5-2/h6-13H,4-5,14-15H2,1-3H3,(H,22,25). The molecule has 0 aliphatic carbocycles. The minimum Gasteiger partial charge on any atom is -0.494 e. The molecule has 0 spiro atoms. The van der Waals surface area contributed by atoms with Gasteiger partial charge in [0.1, 0.15) is 5.75 Å². The minimum atomic E-state index is -0.0785. The summed E-state index contributed by atoms with van der Waals surface area (Å²) >= 11 is 0. The molecule has 0 bridgehead atoms. The molecule has 26 heavy (non-hydrogen) atoms. The van der Waals surface area contributed by atoms with Crippen LogP contribution in [0, 0.1) is 0 Å². The quantitative estimate of drug-likeness (QED) is 0.787. The monoisotopic (exact) mass is 354 g/mol. The van der Waals surface area contributed by atoms with Crippen LogP contribution in [0.4, 0.5) is 5.69 Å². The SMILES string of the molecule is CCOc1ccc(CC(=O)Nc2cccc(CN(CC)C(C)=O)c2)cc1. The van der Waals surface area contributed by atoms with Crippen molar-refractivity contribution in [2.45, 2.75) is 33.7 Å². The Morgan fingerprint density at radius 1 is 1.04 bits per heavy atom. The highest BCUT2D eigenvalue weighted by Gasteiger charge is 2.09. The minimum absolute atomic E-state index is 0.0393. The molecule has 0 saturated carbocycles. The van der Waals surface area contributed by atoms with Crippen molar-refractivity contribution < 1.29 is 14.3 Å². The van der Waals surface area contributed by atoms with Gasteiger partial charge in [-0.2, -0.15) is 0 Å². The molecule has 0 fully saturated rings. The zero-order valence-electron chi connectivity index (χ0n) is 15.6. The molecule has 1 N–H and O–H groups in total. The average molecular weight is 354 g/mol. The molecule has 0 aliphatic heterocycles. The smallest absolute Gasteiger partial charge is 0.228 e. The van der Waals surface area contributed by atoms with Gasteiger partial charge < -0.3 is 15.0 Å². The maximum absolute atomic E-state index is 12.3. The summed E-state index contributed by atoms with van der Waals surface area (Å²) in [7, 11) is 0. The number of nitrogens with one attached hydrogen (secondary N) is 1. The lowest BCUT2D eigenvalue weighted by atomic mass is 10.1. The third-order valence-electron chi connectivity index (χ3n) is 4.01. The topological polar surface area (TPSA) is 58.6 Å². The van der Waals surface area contributed by atoms with Gasteiger partial charge in [0, 0.05) is 25.7 Å². The van der Waals surface area contributed by atoms with E-state index in [9.17, 15) is 9.59 Å². The number of amides is 2. The van der Waals surface area contributed by atoms with Crippen LogP contribution in [0.2, 0.25) is 0 Å². The molecular formula is C21H26N2O3. The van der Waals surface area contributed by atoms with Crippen LogP contribution in [0.3, 0.4) is 0 Å². The summed E-state index contributed by atoms with van der Waals surface area (Å²) in [6.45, 7) is 7.26. The van der Waals surface area contributed by atoms with E-state index in [2.05, 4.69) is 5.32 Å². The molecule has 5 nitrogen and oxygen atoms in total. The average Bonchev–Trinajstić information content (AvgIpc) is 2.61. The van der Waals surface area contributed by atoms with E-state index in [4.69, 9.17) is 4.74 Å². The first-order valence-corrected chi connectivity index (χ1v) is 8.87. The molecule has 138 valence electrons. The van der Waals surface area contributed by atoms with Crippen molar-refractivity contribution in [3.63, 3.8) is 0 Å².